The van der Waals surface area contributed by atoms with Gasteiger partial charge in [-0.1, -0.05) is 6.07 Å². The molecule has 7 nitrogen and oxygen atoms in total. The number of amides is 1. The molecular formula is C22H23FN4O3S. The van der Waals surface area contributed by atoms with Crippen LogP contribution in [0.25, 0.3) is 5.69 Å². The first-order valence-corrected chi connectivity index (χ1v) is 11.4. The van der Waals surface area contributed by atoms with Gasteiger partial charge in [0.15, 0.2) is 5.82 Å². The molecule has 1 aromatic heterocycles. The number of hydrogen-bond acceptors (Lipinski definition) is 4. The fourth-order valence-corrected chi connectivity index (χ4v) is 4.66. The van der Waals surface area contributed by atoms with Crippen LogP contribution >= 0.6 is 0 Å². The minimum absolute atomic E-state index is 0.0289. The van der Waals surface area contributed by atoms with Gasteiger partial charge in [0.25, 0.3) is 5.91 Å². The van der Waals surface area contributed by atoms with Crippen molar-refractivity contribution in [3.8, 4) is 5.69 Å². The van der Waals surface area contributed by atoms with Crippen LogP contribution in [0.5, 0.6) is 0 Å². The highest BCUT2D eigenvalue weighted by Gasteiger charge is 2.28. The Bertz CT molecular complexity index is 1280. The average Bonchev–Trinajstić information content (AvgIpc) is 3.43. The molecule has 0 atom stereocenters. The Labute approximate surface area is 180 Å². The van der Waals surface area contributed by atoms with Crippen molar-refractivity contribution in [1.29, 1.82) is 0 Å². The second-order valence-electron chi connectivity index (χ2n) is 7.83. The smallest absolute Gasteiger partial charge is 0.255 e. The predicted octanol–water partition coefficient (Wildman–Crippen LogP) is 3.63. The van der Waals surface area contributed by atoms with Crippen molar-refractivity contribution < 1.29 is 17.6 Å². The van der Waals surface area contributed by atoms with Crippen molar-refractivity contribution in [3.05, 3.63) is 70.8 Å². The summed E-state index contributed by atoms with van der Waals surface area (Å²) in [7, 11) is -3.69. The summed E-state index contributed by atoms with van der Waals surface area (Å²) in [5, 5.41) is 6.92. The molecule has 1 saturated carbocycles. The highest BCUT2D eigenvalue weighted by Crippen LogP contribution is 2.24. The third-order valence-electron chi connectivity index (χ3n) is 5.11. The van der Waals surface area contributed by atoms with Crippen molar-refractivity contribution in [3.63, 3.8) is 0 Å². The number of rotatable bonds is 6. The Morgan fingerprint density at radius 1 is 1.10 bits per heavy atom. The summed E-state index contributed by atoms with van der Waals surface area (Å²) in [6.45, 7) is 5.37. The predicted molar refractivity (Wildman–Crippen MR) is 115 cm³/mol. The molecule has 1 heterocycles. The van der Waals surface area contributed by atoms with Gasteiger partial charge in [-0.05, 0) is 75.6 Å². The molecular weight excluding hydrogens is 419 g/mol. The molecule has 162 valence electrons. The standard InChI is InChI=1S/C22H23FN4O3S/c1-13-4-8-18(31(29,30)26-16-5-6-16)12-19(13)22(28)24-17-7-9-21(20(23)11-17)27-15(3)10-14(2)25-27/h4,7-12,16,26H,5-6H2,1-3H3,(H,24,28). The maximum absolute atomic E-state index is 14.7. The quantitative estimate of drug-likeness (QED) is 0.610. The number of nitrogens with zero attached hydrogens (tertiary/aromatic N) is 2. The summed E-state index contributed by atoms with van der Waals surface area (Å²) in [5.74, 6) is -1.05. The molecule has 0 saturated heterocycles. The summed E-state index contributed by atoms with van der Waals surface area (Å²) in [6.07, 6.45) is 1.63. The summed E-state index contributed by atoms with van der Waals surface area (Å²) in [6, 6.07) is 10.5. The Morgan fingerprint density at radius 2 is 1.84 bits per heavy atom. The van der Waals surface area contributed by atoms with E-state index in [9.17, 15) is 17.6 Å². The molecule has 1 amide bonds. The molecule has 2 aromatic carbocycles. The molecule has 0 unspecified atom stereocenters. The van der Waals surface area contributed by atoms with E-state index in [1.165, 1.54) is 28.9 Å². The number of benzene rings is 2. The molecule has 2 N–H and O–H groups in total. The monoisotopic (exact) mass is 442 g/mol. The molecule has 1 fully saturated rings. The van der Waals surface area contributed by atoms with Gasteiger partial charge < -0.3 is 5.32 Å². The second kappa shape index (κ2) is 7.90. The number of anilines is 1. The van der Waals surface area contributed by atoms with Crippen molar-refractivity contribution in [2.75, 3.05) is 5.32 Å². The number of carbonyl (C=O) groups is 1. The van der Waals surface area contributed by atoms with Crippen LogP contribution < -0.4 is 10.0 Å². The Hall–Kier alpha value is -3.04. The van der Waals surface area contributed by atoms with E-state index in [1.807, 2.05) is 19.9 Å². The van der Waals surface area contributed by atoms with E-state index in [4.69, 9.17) is 0 Å². The van der Waals surface area contributed by atoms with Crippen molar-refractivity contribution in [2.24, 2.45) is 0 Å². The van der Waals surface area contributed by atoms with Gasteiger partial charge in [-0.3, -0.25) is 4.79 Å². The number of halogens is 1. The molecule has 0 radical (unpaired) electrons. The van der Waals surface area contributed by atoms with Crippen LogP contribution in [0.2, 0.25) is 0 Å². The topological polar surface area (TPSA) is 93.1 Å². The number of hydrogen-bond donors (Lipinski definition) is 2. The average molecular weight is 443 g/mol. The van der Waals surface area contributed by atoms with Gasteiger partial charge in [-0.2, -0.15) is 5.10 Å². The van der Waals surface area contributed by atoms with Crippen LogP contribution in [-0.4, -0.2) is 30.1 Å². The summed E-state index contributed by atoms with van der Waals surface area (Å²) in [5.41, 5.74) is 2.93. The number of sulfonamides is 1. The van der Waals surface area contributed by atoms with E-state index in [0.717, 1.165) is 24.2 Å². The fraction of sp³-hybridized carbons (Fsp3) is 0.273. The van der Waals surface area contributed by atoms with Crippen molar-refractivity contribution in [1.82, 2.24) is 14.5 Å². The first-order valence-electron chi connectivity index (χ1n) is 9.91. The van der Waals surface area contributed by atoms with Gasteiger partial charge in [0.05, 0.1) is 10.6 Å². The zero-order valence-corrected chi connectivity index (χ0v) is 18.3. The highest BCUT2D eigenvalue weighted by molar-refractivity contribution is 7.89. The van der Waals surface area contributed by atoms with Gasteiger partial charge in [0.1, 0.15) is 5.69 Å². The molecule has 1 aliphatic rings. The summed E-state index contributed by atoms with van der Waals surface area (Å²) in [4.78, 5) is 12.8. The second-order valence-corrected chi connectivity index (χ2v) is 9.55. The van der Waals surface area contributed by atoms with Crippen molar-refractivity contribution in [2.45, 2.75) is 44.6 Å². The molecule has 1 aliphatic carbocycles. The molecule has 9 heteroatoms. The minimum Gasteiger partial charge on any atom is -0.322 e. The van der Waals surface area contributed by atoms with Gasteiger partial charge in [-0.15, -0.1) is 0 Å². The lowest BCUT2D eigenvalue weighted by atomic mass is 10.1. The lowest BCUT2D eigenvalue weighted by Gasteiger charge is -2.12. The Kier molecular flexibility index (Phi) is 5.40. The zero-order chi connectivity index (χ0) is 22.3. The maximum atomic E-state index is 14.7. The Balaban J connectivity index is 1.57. The lowest BCUT2D eigenvalue weighted by molar-refractivity contribution is 0.102. The fourth-order valence-electron chi connectivity index (χ4n) is 3.33. The van der Waals surface area contributed by atoms with Crippen LogP contribution in [-0.2, 0) is 10.0 Å². The largest absolute Gasteiger partial charge is 0.322 e. The first kappa shape index (κ1) is 21.2. The van der Waals surface area contributed by atoms with Crippen LogP contribution in [0, 0.1) is 26.6 Å². The Morgan fingerprint density at radius 3 is 2.45 bits per heavy atom. The van der Waals surface area contributed by atoms with Crippen LogP contribution in [0.3, 0.4) is 0 Å². The summed E-state index contributed by atoms with van der Waals surface area (Å²) < 4.78 is 43.8. The molecule has 0 aliphatic heterocycles. The van der Waals surface area contributed by atoms with Crippen LogP contribution in [0.1, 0.15) is 40.2 Å². The normalized spacial score (nSPS) is 13.9. The van der Waals surface area contributed by atoms with Crippen LogP contribution in [0.15, 0.2) is 47.4 Å². The highest BCUT2D eigenvalue weighted by atomic mass is 32.2. The first-order chi connectivity index (χ1) is 14.6. The lowest BCUT2D eigenvalue weighted by Crippen LogP contribution is -2.26. The molecule has 31 heavy (non-hydrogen) atoms. The van der Waals surface area contributed by atoms with E-state index >= 15 is 0 Å². The van der Waals surface area contributed by atoms with E-state index in [1.54, 1.807) is 19.1 Å². The third kappa shape index (κ3) is 4.52. The molecule has 4 rings (SSSR count). The number of carbonyl (C=O) groups excluding carboxylic acids is 1. The number of aryl methyl sites for hydroxylation is 3. The maximum Gasteiger partial charge on any atom is 0.255 e. The van der Waals surface area contributed by atoms with E-state index in [0.29, 0.717) is 5.56 Å². The van der Waals surface area contributed by atoms with Gasteiger partial charge in [0.2, 0.25) is 10.0 Å². The van der Waals surface area contributed by atoms with E-state index < -0.39 is 21.7 Å². The minimum atomic E-state index is -3.69. The number of nitrogens with one attached hydrogen (secondary N) is 2. The molecule has 0 spiro atoms. The molecule has 0 bridgehead atoms. The van der Waals surface area contributed by atoms with Crippen molar-refractivity contribution >= 4 is 21.6 Å². The number of aromatic nitrogens is 2. The van der Waals surface area contributed by atoms with Gasteiger partial charge in [-0.25, -0.2) is 22.2 Å². The SMILES string of the molecule is Cc1cc(C)n(-c2ccc(NC(=O)c3cc(S(=O)(=O)NC4CC4)ccc3C)cc2F)n1. The van der Waals surface area contributed by atoms with Gasteiger partial charge >= 0.3 is 0 Å². The van der Waals surface area contributed by atoms with E-state index in [2.05, 4.69) is 15.1 Å². The zero-order valence-electron chi connectivity index (χ0n) is 17.4. The molecule has 3 aromatic rings. The van der Waals surface area contributed by atoms with Crippen LogP contribution in [0.4, 0.5) is 10.1 Å². The van der Waals surface area contributed by atoms with E-state index in [-0.39, 0.29) is 27.9 Å². The van der Waals surface area contributed by atoms with Gasteiger partial charge in [0, 0.05) is 23.0 Å². The third-order valence-corrected chi connectivity index (χ3v) is 6.62. The summed E-state index contributed by atoms with van der Waals surface area (Å²) >= 11 is 0.